The Morgan fingerprint density at radius 3 is 2.56 bits per heavy atom. The van der Waals surface area contributed by atoms with Crippen molar-refractivity contribution in [1.82, 2.24) is 4.90 Å². The molecule has 0 spiro atoms. The molecule has 0 bridgehead atoms. The highest BCUT2D eigenvalue weighted by molar-refractivity contribution is 5.97. The van der Waals surface area contributed by atoms with Crippen molar-refractivity contribution in [1.29, 1.82) is 0 Å². The van der Waals surface area contributed by atoms with E-state index in [4.69, 9.17) is 14.3 Å². The predicted octanol–water partition coefficient (Wildman–Crippen LogP) is 6.34. The maximum absolute atomic E-state index is 13.6. The summed E-state index contributed by atoms with van der Waals surface area (Å²) >= 11 is 0. The molecule has 1 aliphatic rings. The van der Waals surface area contributed by atoms with E-state index in [0.717, 1.165) is 49.0 Å². The molecule has 1 unspecified atom stereocenters. The van der Waals surface area contributed by atoms with Crippen LogP contribution in [-0.2, 0) is 4.79 Å². The van der Waals surface area contributed by atoms with Gasteiger partial charge in [-0.05, 0) is 68.4 Å². The summed E-state index contributed by atoms with van der Waals surface area (Å²) in [4.78, 5) is 26.3. The van der Waals surface area contributed by atoms with Gasteiger partial charge in [0.25, 0.3) is 5.91 Å². The third kappa shape index (κ3) is 5.87. The summed E-state index contributed by atoms with van der Waals surface area (Å²) in [5.74, 6) is 0.630. The van der Waals surface area contributed by atoms with E-state index in [9.17, 15) is 9.59 Å². The Kier molecular flexibility index (Phi) is 8.02. The van der Waals surface area contributed by atoms with Crippen molar-refractivity contribution in [2.24, 2.45) is 0 Å². The maximum atomic E-state index is 13.6. The monoisotopic (exact) mass is 461 g/mol. The molecule has 0 aliphatic carbocycles. The zero-order valence-corrected chi connectivity index (χ0v) is 19.3. The highest BCUT2D eigenvalue weighted by Crippen LogP contribution is 2.34. The summed E-state index contributed by atoms with van der Waals surface area (Å²) in [5, 5.41) is 8.75. The van der Waals surface area contributed by atoms with E-state index in [0.29, 0.717) is 30.9 Å². The lowest BCUT2D eigenvalue weighted by Crippen LogP contribution is -2.38. The van der Waals surface area contributed by atoms with E-state index in [1.165, 1.54) is 0 Å². The molecule has 4 rings (SSSR count). The van der Waals surface area contributed by atoms with Crippen molar-refractivity contribution in [3.05, 3.63) is 78.1 Å². The van der Waals surface area contributed by atoms with Gasteiger partial charge in [-0.2, -0.15) is 0 Å². The number of hydrogen-bond donors (Lipinski definition) is 1. The predicted molar refractivity (Wildman–Crippen MR) is 130 cm³/mol. The molecule has 34 heavy (non-hydrogen) atoms. The summed E-state index contributed by atoms with van der Waals surface area (Å²) < 4.78 is 11.4. The second-order valence-corrected chi connectivity index (χ2v) is 8.66. The van der Waals surface area contributed by atoms with Crippen LogP contribution in [0.3, 0.4) is 0 Å². The van der Waals surface area contributed by atoms with E-state index < -0.39 is 5.97 Å². The number of furan rings is 1. The van der Waals surface area contributed by atoms with Gasteiger partial charge < -0.3 is 19.2 Å². The number of carboxylic acids is 1. The van der Waals surface area contributed by atoms with Crippen molar-refractivity contribution >= 4 is 11.9 Å². The number of carbonyl (C=O) groups excluding carboxylic acids is 1. The van der Waals surface area contributed by atoms with E-state index >= 15 is 0 Å². The fourth-order valence-electron chi connectivity index (χ4n) is 4.49. The third-order valence-electron chi connectivity index (χ3n) is 6.27. The minimum Gasteiger partial charge on any atom is -0.493 e. The molecule has 1 saturated heterocycles. The van der Waals surface area contributed by atoms with Gasteiger partial charge in [0.15, 0.2) is 0 Å². The number of piperidine rings is 1. The number of carbonyl (C=O) groups is 2. The minimum absolute atomic E-state index is 0.0127. The van der Waals surface area contributed by atoms with Crippen molar-refractivity contribution in [2.45, 2.75) is 51.0 Å². The van der Waals surface area contributed by atoms with Crippen LogP contribution in [0, 0.1) is 0 Å². The largest absolute Gasteiger partial charge is 0.493 e. The van der Waals surface area contributed by atoms with Gasteiger partial charge in [-0.25, -0.2) is 0 Å². The first-order valence-corrected chi connectivity index (χ1v) is 12.0. The lowest BCUT2D eigenvalue weighted by atomic mass is 9.93. The molecule has 2 heterocycles. The Morgan fingerprint density at radius 1 is 0.971 bits per heavy atom. The van der Waals surface area contributed by atoms with E-state index in [1.807, 2.05) is 53.4 Å². The Bertz CT molecular complexity index is 1070. The summed E-state index contributed by atoms with van der Waals surface area (Å²) in [7, 11) is 0. The second-order valence-electron chi connectivity index (χ2n) is 8.66. The van der Waals surface area contributed by atoms with Gasteiger partial charge in [-0.3, -0.25) is 9.59 Å². The van der Waals surface area contributed by atoms with Crippen LogP contribution in [0.2, 0.25) is 0 Å². The lowest BCUT2D eigenvalue weighted by molar-refractivity contribution is -0.137. The molecule has 6 nitrogen and oxygen atoms in total. The smallest absolute Gasteiger partial charge is 0.303 e. The van der Waals surface area contributed by atoms with Crippen molar-refractivity contribution in [3.8, 4) is 17.1 Å². The molecular formula is C28H31NO5. The number of rotatable bonds is 10. The second kappa shape index (κ2) is 11.5. The van der Waals surface area contributed by atoms with Gasteiger partial charge in [0, 0.05) is 18.5 Å². The van der Waals surface area contributed by atoms with Gasteiger partial charge in [-0.1, -0.05) is 36.4 Å². The molecule has 1 aromatic heterocycles. The topological polar surface area (TPSA) is 80.0 Å². The SMILES string of the molecule is O=C(O)CCCCCOc1ccccc1C(=O)N1CCCCC1c1ccc(-c2ccco2)cc1. The van der Waals surface area contributed by atoms with Crippen LogP contribution < -0.4 is 4.74 Å². The molecule has 1 fully saturated rings. The highest BCUT2D eigenvalue weighted by Gasteiger charge is 2.30. The van der Waals surface area contributed by atoms with Gasteiger partial charge in [-0.15, -0.1) is 0 Å². The first-order valence-electron chi connectivity index (χ1n) is 12.0. The number of aliphatic carboxylic acids is 1. The summed E-state index contributed by atoms with van der Waals surface area (Å²) in [6, 6.07) is 19.5. The number of benzene rings is 2. The minimum atomic E-state index is -0.774. The fourth-order valence-corrected chi connectivity index (χ4v) is 4.49. The summed E-state index contributed by atoms with van der Waals surface area (Å²) in [5.41, 5.74) is 2.72. The number of amides is 1. The normalized spacial score (nSPS) is 15.8. The van der Waals surface area contributed by atoms with Crippen LogP contribution in [-0.4, -0.2) is 35.0 Å². The quantitative estimate of drug-likeness (QED) is 0.357. The fraction of sp³-hybridized carbons (Fsp3) is 0.357. The molecule has 0 radical (unpaired) electrons. The van der Waals surface area contributed by atoms with Crippen molar-refractivity contribution in [2.75, 3.05) is 13.2 Å². The van der Waals surface area contributed by atoms with E-state index in [-0.39, 0.29) is 18.4 Å². The van der Waals surface area contributed by atoms with Gasteiger partial charge in [0.2, 0.25) is 0 Å². The zero-order valence-electron chi connectivity index (χ0n) is 19.3. The van der Waals surface area contributed by atoms with Gasteiger partial charge in [0.1, 0.15) is 11.5 Å². The number of nitrogens with zero attached hydrogens (tertiary/aromatic N) is 1. The Hall–Kier alpha value is -3.54. The van der Waals surface area contributed by atoms with Gasteiger partial charge >= 0.3 is 5.97 Å². The van der Waals surface area contributed by atoms with E-state index in [1.54, 1.807) is 6.26 Å². The first kappa shape index (κ1) is 23.6. The summed E-state index contributed by atoms with van der Waals surface area (Å²) in [6.45, 7) is 1.18. The highest BCUT2D eigenvalue weighted by atomic mass is 16.5. The molecule has 1 atom stereocenters. The van der Waals surface area contributed by atoms with Crippen LogP contribution >= 0.6 is 0 Å². The number of para-hydroxylation sites is 1. The average molecular weight is 462 g/mol. The van der Waals surface area contributed by atoms with Crippen LogP contribution in [0.5, 0.6) is 5.75 Å². The van der Waals surface area contributed by atoms with E-state index in [2.05, 4.69) is 12.1 Å². The molecular weight excluding hydrogens is 430 g/mol. The van der Waals surface area contributed by atoms with Crippen molar-refractivity contribution < 1.29 is 23.8 Å². The van der Waals surface area contributed by atoms with Crippen LogP contribution in [0.25, 0.3) is 11.3 Å². The Morgan fingerprint density at radius 2 is 1.79 bits per heavy atom. The number of likely N-dealkylation sites (tertiary alicyclic amines) is 1. The molecule has 6 heteroatoms. The van der Waals surface area contributed by atoms with Crippen LogP contribution in [0.15, 0.2) is 71.3 Å². The van der Waals surface area contributed by atoms with Crippen LogP contribution in [0.1, 0.15) is 66.9 Å². The molecule has 0 saturated carbocycles. The lowest BCUT2D eigenvalue weighted by Gasteiger charge is -2.36. The van der Waals surface area contributed by atoms with Crippen LogP contribution in [0.4, 0.5) is 0 Å². The zero-order chi connectivity index (χ0) is 23.8. The summed E-state index contributed by atoms with van der Waals surface area (Å²) in [6.07, 6.45) is 7.01. The molecule has 1 N–H and O–H groups in total. The molecule has 2 aromatic carbocycles. The van der Waals surface area contributed by atoms with Gasteiger partial charge in [0.05, 0.1) is 24.5 Å². The molecule has 3 aromatic rings. The maximum Gasteiger partial charge on any atom is 0.303 e. The number of ether oxygens (including phenoxy) is 1. The Labute approximate surface area is 200 Å². The number of carboxylic acid groups (broad SMARTS) is 1. The third-order valence-corrected chi connectivity index (χ3v) is 6.27. The first-order chi connectivity index (χ1) is 16.6. The molecule has 178 valence electrons. The van der Waals surface area contributed by atoms with Crippen molar-refractivity contribution in [3.63, 3.8) is 0 Å². The standard InChI is InChI=1S/C28H31NO5/c30-27(31)13-2-1-7-19-34-26-11-4-3-9-23(26)28(32)29-18-6-5-10-24(29)21-14-16-22(17-15-21)25-12-8-20-33-25/h3-4,8-9,11-12,14-17,20,24H,1-2,5-7,10,13,18-19H2,(H,30,31). The number of unbranched alkanes of at least 4 members (excludes halogenated alkanes) is 2. The number of hydrogen-bond acceptors (Lipinski definition) is 4. The molecule has 1 amide bonds. The average Bonchev–Trinajstić information content (AvgIpc) is 3.41. The Balaban J connectivity index is 1.44. The molecule has 1 aliphatic heterocycles.